The Morgan fingerprint density at radius 1 is 1.06 bits per heavy atom. The van der Waals surface area contributed by atoms with Gasteiger partial charge in [-0.1, -0.05) is 25.8 Å². The van der Waals surface area contributed by atoms with Gasteiger partial charge in [-0.3, -0.25) is 0 Å². The van der Waals surface area contributed by atoms with Crippen LogP contribution in [0.1, 0.15) is 51.9 Å². The monoisotopic (exact) mass is 240 g/mol. The smallest absolute Gasteiger partial charge is 0.00488 e. The number of hydrogen-bond acceptors (Lipinski definition) is 2. The molecule has 0 aliphatic rings. The first kappa shape index (κ1) is 16.7. The number of nitrogens with one attached hydrogen (secondary N) is 2. The highest BCUT2D eigenvalue weighted by Gasteiger charge is 2.02. The van der Waals surface area contributed by atoms with Crippen LogP contribution in [0, 0.1) is 5.92 Å². The van der Waals surface area contributed by atoms with E-state index in [1.54, 1.807) is 0 Å². The van der Waals surface area contributed by atoms with Crippen LogP contribution in [0.4, 0.5) is 0 Å². The predicted octanol–water partition coefficient (Wildman–Crippen LogP) is 3.35. The van der Waals surface area contributed by atoms with Gasteiger partial charge in [0, 0.05) is 0 Å². The van der Waals surface area contributed by atoms with Crippen LogP contribution in [0.15, 0.2) is 12.7 Å². The zero-order chi connectivity index (χ0) is 12.8. The minimum absolute atomic E-state index is 0.852. The molecule has 0 aromatic heterocycles. The Balaban J connectivity index is 3.14. The lowest BCUT2D eigenvalue weighted by molar-refractivity contribution is 0.447. The maximum atomic E-state index is 3.82. The standard InChI is InChI=1S/C15H32N2/c1-4-10-15(5-2)11-9-14-17-13-8-6-7-12-16-3/h4,15-17H,1,5-14H2,2-3H3. The zero-order valence-electron chi connectivity index (χ0n) is 11.9. The lowest BCUT2D eigenvalue weighted by Gasteiger charge is -2.12. The molecular weight excluding hydrogens is 208 g/mol. The normalized spacial score (nSPS) is 12.6. The molecule has 0 saturated heterocycles. The summed E-state index contributed by atoms with van der Waals surface area (Å²) in [5.74, 6) is 0.852. The first-order chi connectivity index (χ1) is 8.35. The minimum Gasteiger partial charge on any atom is -0.320 e. The van der Waals surface area contributed by atoms with Crippen molar-refractivity contribution in [2.45, 2.75) is 51.9 Å². The fourth-order valence-corrected chi connectivity index (χ4v) is 2.09. The molecule has 0 aromatic carbocycles. The summed E-state index contributed by atoms with van der Waals surface area (Å²) in [6, 6.07) is 0. The van der Waals surface area contributed by atoms with Crippen LogP contribution in [0.2, 0.25) is 0 Å². The second-order valence-corrected chi connectivity index (χ2v) is 4.86. The summed E-state index contributed by atoms with van der Waals surface area (Å²) >= 11 is 0. The molecule has 2 N–H and O–H groups in total. The highest BCUT2D eigenvalue weighted by Crippen LogP contribution is 2.14. The van der Waals surface area contributed by atoms with Gasteiger partial charge in [0.1, 0.15) is 0 Å². The van der Waals surface area contributed by atoms with Crippen molar-refractivity contribution >= 4 is 0 Å². The maximum Gasteiger partial charge on any atom is -0.00488 e. The third-order valence-electron chi connectivity index (χ3n) is 3.32. The van der Waals surface area contributed by atoms with Crippen LogP contribution in [0.3, 0.4) is 0 Å². The molecule has 2 nitrogen and oxygen atoms in total. The molecule has 0 saturated carbocycles. The van der Waals surface area contributed by atoms with Gasteiger partial charge >= 0.3 is 0 Å². The fraction of sp³-hybridized carbons (Fsp3) is 0.867. The van der Waals surface area contributed by atoms with Gasteiger partial charge in [0.25, 0.3) is 0 Å². The van der Waals surface area contributed by atoms with E-state index in [1.165, 1.54) is 58.0 Å². The van der Waals surface area contributed by atoms with Crippen molar-refractivity contribution < 1.29 is 0 Å². The van der Waals surface area contributed by atoms with E-state index in [-0.39, 0.29) is 0 Å². The first-order valence-corrected chi connectivity index (χ1v) is 7.31. The summed E-state index contributed by atoms with van der Waals surface area (Å²) in [4.78, 5) is 0. The Kier molecular flexibility index (Phi) is 13.4. The summed E-state index contributed by atoms with van der Waals surface area (Å²) in [5, 5.41) is 6.72. The van der Waals surface area contributed by atoms with Gasteiger partial charge in [-0.25, -0.2) is 0 Å². The Bertz CT molecular complexity index is 157. The molecule has 102 valence electrons. The van der Waals surface area contributed by atoms with Crippen LogP contribution >= 0.6 is 0 Å². The molecule has 0 bridgehead atoms. The molecular formula is C15H32N2. The molecule has 0 spiro atoms. The van der Waals surface area contributed by atoms with Crippen LogP contribution in [0.25, 0.3) is 0 Å². The second-order valence-electron chi connectivity index (χ2n) is 4.86. The van der Waals surface area contributed by atoms with E-state index in [9.17, 15) is 0 Å². The van der Waals surface area contributed by atoms with Gasteiger partial charge in [0.05, 0.1) is 0 Å². The van der Waals surface area contributed by atoms with E-state index in [4.69, 9.17) is 0 Å². The third kappa shape index (κ3) is 11.9. The lowest BCUT2D eigenvalue weighted by Crippen LogP contribution is -2.18. The lowest BCUT2D eigenvalue weighted by atomic mass is 9.97. The van der Waals surface area contributed by atoms with Crippen molar-refractivity contribution in [3.63, 3.8) is 0 Å². The van der Waals surface area contributed by atoms with Gasteiger partial charge in [0.15, 0.2) is 0 Å². The number of unbranched alkanes of at least 4 members (excludes halogenated alkanes) is 2. The molecule has 0 aromatic rings. The van der Waals surface area contributed by atoms with Gasteiger partial charge in [-0.15, -0.1) is 6.58 Å². The van der Waals surface area contributed by atoms with E-state index in [2.05, 4.69) is 30.2 Å². The van der Waals surface area contributed by atoms with Gasteiger partial charge in [0.2, 0.25) is 0 Å². The Morgan fingerprint density at radius 3 is 2.41 bits per heavy atom. The predicted molar refractivity (Wildman–Crippen MR) is 78.5 cm³/mol. The summed E-state index contributed by atoms with van der Waals surface area (Å²) in [6.45, 7) is 9.62. The average molecular weight is 240 g/mol. The van der Waals surface area contributed by atoms with E-state index >= 15 is 0 Å². The third-order valence-corrected chi connectivity index (χ3v) is 3.32. The van der Waals surface area contributed by atoms with Gasteiger partial charge < -0.3 is 10.6 Å². The largest absolute Gasteiger partial charge is 0.320 e. The molecule has 0 rings (SSSR count). The highest BCUT2D eigenvalue weighted by atomic mass is 14.8. The zero-order valence-corrected chi connectivity index (χ0v) is 11.9. The minimum atomic E-state index is 0.852. The molecule has 0 radical (unpaired) electrons. The number of rotatable bonds is 13. The van der Waals surface area contributed by atoms with Crippen molar-refractivity contribution in [3.8, 4) is 0 Å². The molecule has 0 fully saturated rings. The topological polar surface area (TPSA) is 24.1 Å². The van der Waals surface area contributed by atoms with Crippen molar-refractivity contribution in [2.24, 2.45) is 5.92 Å². The van der Waals surface area contributed by atoms with E-state index in [1.807, 2.05) is 7.05 Å². The Morgan fingerprint density at radius 2 is 1.76 bits per heavy atom. The molecule has 0 aliphatic heterocycles. The van der Waals surface area contributed by atoms with Crippen molar-refractivity contribution in [1.82, 2.24) is 10.6 Å². The maximum absolute atomic E-state index is 3.82. The fourth-order valence-electron chi connectivity index (χ4n) is 2.09. The van der Waals surface area contributed by atoms with Gasteiger partial charge in [-0.2, -0.15) is 0 Å². The first-order valence-electron chi connectivity index (χ1n) is 7.31. The quantitative estimate of drug-likeness (QED) is 0.381. The SMILES string of the molecule is C=CCC(CC)CCCNCCCCCNC. The Hall–Kier alpha value is -0.340. The Labute approximate surface area is 108 Å². The average Bonchev–Trinajstić information content (AvgIpc) is 2.35. The molecule has 0 aliphatic carbocycles. The van der Waals surface area contributed by atoms with Crippen LogP contribution in [-0.4, -0.2) is 26.7 Å². The number of hydrogen-bond donors (Lipinski definition) is 2. The van der Waals surface area contributed by atoms with Crippen molar-refractivity contribution in [3.05, 3.63) is 12.7 Å². The van der Waals surface area contributed by atoms with Crippen LogP contribution in [-0.2, 0) is 0 Å². The molecule has 2 heteroatoms. The van der Waals surface area contributed by atoms with Crippen LogP contribution < -0.4 is 10.6 Å². The molecule has 0 heterocycles. The molecule has 1 atom stereocenters. The summed E-state index contributed by atoms with van der Waals surface area (Å²) in [5.41, 5.74) is 0. The van der Waals surface area contributed by atoms with E-state index in [0.717, 1.165) is 12.5 Å². The molecule has 1 unspecified atom stereocenters. The molecule has 17 heavy (non-hydrogen) atoms. The summed E-state index contributed by atoms with van der Waals surface area (Å²) < 4.78 is 0. The van der Waals surface area contributed by atoms with Crippen molar-refractivity contribution in [1.29, 1.82) is 0 Å². The number of allylic oxidation sites excluding steroid dienone is 1. The highest BCUT2D eigenvalue weighted by molar-refractivity contribution is 4.72. The van der Waals surface area contributed by atoms with E-state index in [0.29, 0.717) is 0 Å². The van der Waals surface area contributed by atoms with Crippen molar-refractivity contribution in [2.75, 3.05) is 26.7 Å². The molecule has 0 amide bonds. The summed E-state index contributed by atoms with van der Waals surface area (Å²) in [6.07, 6.45) is 11.1. The second kappa shape index (κ2) is 13.7. The van der Waals surface area contributed by atoms with Crippen LogP contribution in [0.5, 0.6) is 0 Å². The van der Waals surface area contributed by atoms with Gasteiger partial charge in [-0.05, 0) is 64.7 Å². The summed E-state index contributed by atoms with van der Waals surface area (Å²) in [7, 11) is 2.02. The van der Waals surface area contributed by atoms with E-state index < -0.39 is 0 Å².